The average Bonchev–Trinajstić information content (AvgIpc) is 2.47. The molecule has 0 amide bonds. The topological polar surface area (TPSA) is 55.4 Å². The number of carbonyl (C=O) groups is 2. The first kappa shape index (κ1) is 9.65. The molecule has 0 radical (unpaired) electrons. The summed E-state index contributed by atoms with van der Waals surface area (Å²) in [6, 6.07) is 0.0119. The van der Waals surface area contributed by atoms with E-state index in [2.05, 4.69) is 10.1 Å². The molecule has 4 nitrogen and oxygen atoms in total. The lowest BCUT2D eigenvalue weighted by atomic mass is 9.95. The van der Waals surface area contributed by atoms with Crippen molar-refractivity contribution in [2.45, 2.75) is 50.6 Å². The Labute approximate surface area is 83.0 Å². The Morgan fingerprint density at radius 3 is 2.43 bits per heavy atom. The van der Waals surface area contributed by atoms with Crippen molar-refractivity contribution in [1.29, 1.82) is 0 Å². The van der Waals surface area contributed by atoms with Crippen LogP contribution in [0.25, 0.3) is 0 Å². The van der Waals surface area contributed by atoms with Crippen molar-refractivity contribution in [3.8, 4) is 0 Å². The van der Waals surface area contributed by atoms with Gasteiger partial charge in [0.05, 0.1) is 6.42 Å². The predicted molar refractivity (Wildman–Crippen MR) is 49.5 cm³/mol. The molecular formula is C10H15NO3. The van der Waals surface area contributed by atoms with Crippen LogP contribution >= 0.6 is 0 Å². The molecular weight excluding hydrogens is 182 g/mol. The van der Waals surface area contributed by atoms with Gasteiger partial charge < -0.3 is 10.1 Å². The van der Waals surface area contributed by atoms with E-state index in [0.29, 0.717) is 6.04 Å². The molecule has 2 rings (SSSR count). The van der Waals surface area contributed by atoms with E-state index in [4.69, 9.17) is 0 Å². The molecule has 2 fully saturated rings. The van der Waals surface area contributed by atoms with Crippen LogP contribution in [-0.4, -0.2) is 24.0 Å². The fourth-order valence-corrected chi connectivity index (χ4v) is 2.16. The van der Waals surface area contributed by atoms with Gasteiger partial charge in [-0.2, -0.15) is 0 Å². The van der Waals surface area contributed by atoms with Crippen molar-refractivity contribution in [2.75, 3.05) is 0 Å². The summed E-state index contributed by atoms with van der Waals surface area (Å²) in [6.45, 7) is 0. The third kappa shape index (κ3) is 2.12. The Morgan fingerprint density at radius 2 is 1.86 bits per heavy atom. The molecule has 0 aromatic rings. The van der Waals surface area contributed by atoms with Crippen LogP contribution in [0, 0.1) is 0 Å². The Bertz CT molecular complexity index is 246. The van der Waals surface area contributed by atoms with E-state index < -0.39 is 11.9 Å². The molecule has 0 aromatic carbocycles. The molecule has 78 valence electrons. The molecule has 1 aliphatic carbocycles. The third-order valence-electron chi connectivity index (χ3n) is 2.91. The van der Waals surface area contributed by atoms with Crippen LogP contribution in [0.2, 0.25) is 0 Å². The van der Waals surface area contributed by atoms with Gasteiger partial charge in [-0.05, 0) is 12.8 Å². The highest BCUT2D eigenvalue weighted by Gasteiger charge is 2.34. The number of rotatable bonds is 2. The van der Waals surface area contributed by atoms with Crippen LogP contribution in [0.1, 0.15) is 38.5 Å². The van der Waals surface area contributed by atoms with Crippen LogP contribution in [0.4, 0.5) is 0 Å². The Morgan fingerprint density at radius 1 is 1.14 bits per heavy atom. The maximum absolute atomic E-state index is 11.2. The predicted octanol–water partition coefficient (Wildman–Crippen LogP) is 0.751. The lowest BCUT2D eigenvalue weighted by Gasteiger charge is -2.24. The minimum absolute atomic E-state index is 0.204. The first-order valence-corrected chi connectivity index (χ1v) is 5.26. The van der Waals surface area contributed by atoms with E-state index >= 15 is 0 Å². The number of hydrogen-bond donors (Lipinski definition) is 1. The number of carbonyl (C=O) groups excluding carboxylic acids is 2. The maximum atomic E-state index is 11.2. The van der Waals surface area contributed by atoms with Crippen LogP contribution in [0.15, 0.2) is 0 Å². The SMILES string of the molecule is O=C1CC(NC2CCCCC2)C(=O)O1. The maximum Gasteiger partial charge on any atom is 0.331 e. The van der Waals surface area contributed by atoms with E-state index in [-0.39, 0.29) is 12.5 Å². The summed E-state index contributed by atoms with van der Waals surface area (Å²) < 4.78 is 4.48. The summed E-state index contributed by atoms with van der Waals surface area (Å²) in [4.78, 5) is 22.0. The zero-order valence-electron chi connectivity index (χ0n) is 8.12. The Hall–Kier alpha value is -0.900. The molecule has 2 aliphatic rings. The monoisotopic (exact) mass is 197 g/mol. The second-order valence-electron chi connectivity index (χ2n) is 4.05. The van der Waals surface area contributed by atoms with Gasteiger partial charge in [-0.3, -0.25) is 4.79 Å². The van der Waals surface area contributed by atoms with Crippen molar-refractivity contribution >= 4 is 11.9 Å². The lowest BCUT2D eigenvalue weighted by Crippen LogP contribution is -2.41. The van der Waals surface area contributed by atoms with Crippen molar-refractivity contribution < 1.29 is 14.3 Å². The van der Waals surface area contributed by atoms with Gasteiger partial charge in [0.1, 0.15) is 6.04 Å². The fourth-order valence-electron chi connectivity index (χ4n) is 2.16. The largest absolute Gasteiger partial charge is 0.392 e. The molecule has 1 atom stereocenters. The molecule has 4 heteroatoms. The van der Waals surface area contributed by atoms with Crippen molar-refractivity contribution in [2.24, 2.45) is 0 Å². The van der Waals surface area contributed by atoms with Gasteiger partial charge in [0, 0.05) is 6.04 Å². The van der Waals surface area contributed by atoms with E-state index in [1.807, 2.05) is 0 Å². The van der Waals surface area contributed by atoms with Gasteiger partial charge in [0.15, 0.2) is 0 Å². The minimum atomic E-state index is -0.402. The number of cyclic esters (lactones) is 2. The number of nitrogens with one attached hydrogen (secondary N) is 1. The van der Waals surface area contributed by atoms with E-state index in [1.54, 1.807) is 0 Å². The molecule has 1 heterocycles. The quantitative estimate of drug-likeness (QED) is 0.524. The van der Waals surface area contributed by atoms with Crippen molar-refractivity contribution in [3.63, 3.8) is 0 Å². The van der Waals surface area contributed by atoms with Crippen LogP contribution in [-0.2, 0) is 14.3 Å². The highest BCUT2D eigenvalue weighted by molar-refractivity contribution is 5.96. The highest BCUT2D eigenvalue weighted by Crippen LogP contribution is 2.19. The summed E-state index contributed by atoms with van der Waals surface area (Å²) in [6.07, 6.45) is 6.14. The Kier molecular flexibility index (Phi) is 2.82. The first-order valence-electron chi connectivity index (χ1n) is 5.26. The zero-order valence-corrected chi connectivity index (χ0v) is 8.12. The Balaban J connectivity index is 1.84. The molecule has 0 spiro atoms. The second kappa shape index (κ2) is 4.09. The summed E-state index contributed by atoms with van der Waals surface area (Å²) in [5.74, 6) is -0.802. The number of ether oxygens (including phenoxy) is 1. The van der Waals surface area contributed by atoms with Gasteiger partial charge in [0.25, 0.3) is 0 Å². The summed E-state index contributed by atoms with van der Waals surface area (Å²) >= 11 is 0. The molecule has 0 bridgehead atoms. The standard InChI is InChI=1S/C10H15NO3/c12-9-6-8(10(13)14-9)11-7-4-2-1-3-5-7/h7-8,11H,1-6H2. The first-order chi connectivity index (χ1) is 6.75. The van der Waals surface area contributed by atoms with Crippen molar-refractivity contribution in [1.82, 2.24) is 5.32 Å². The smallest absolute Gasteiger partial charge is 0.331 e. The zero-order chi connectivity index (χ0) is 9.97. The van der Waals surface area contributed by atoms with Crippen LogP contribution in [0.3, 0.4) is 0 Å². The molecule has 1 aliphatic heterocycles. The fraction of sp³-hybridized carbons (Fsp3) is 0.800. The number of hydrogen-bond acceptors (Lipinski definition) is 4. The average molecular weight is 197 g/mol. The van der Waals surface area contributed by atoms with Gasteiger partial charge in [-0.15, -0.1) is 0 Å². The van der Waals surface area contributed by atoms with Gasteiger partial charge in [-0.25, -0.2) is 4.79 Å². The minimum Gasteiger partial charge on any atom is -0.392 e. The second-order valence-corrected chi connectivity index (χ2v) is 4.05. The summed E-state index contributed by atoms with van der Waals surface area (Å²) in [5.41, 5.74) is 0. The van der Waals surface area contributed by atoms with E-state index in [9.17, 15) is 9.59 Å². The molecule has 1 saturated carbocycles. The van der Waals surface area contributed by atoms with Gasteiger partial charge in [0.2, 0.25) is 0 Å². The normalized spacial score (nSPS) is 29.3. The molecule has 1 saturated heterocycles. The van der Waals surface area contributed by atoms with Crippen molar-refractivity contribution in [3.05, 3.63) is 0 Å². The summed E-state index contributed by atoms with van der Waals surface area (Å²) in [7, 11) is 0. The van der Waals surface area contributed by atoms with E-state index in [0.717, 1.165) is 12.8 Å². The third-order valence-corrected chi connectivity index (χ3v) is 2.91. The highest BCUT2D eigenvalue weighted by atomic mass is 16.6. The van der Waals surface area contributed by atoms with Crippen LogP contribution in [0.5, 0.6) is 0 Å². The molecule has 14 heavy (non-hydrogen) atoms. The van der Waals surface area contributed by atoms with E-state index in [1.165, 1.54) is 19.3 Å². The molecule has 0 aromatic heterocycles. The molecule has 1 unspecified atom stereocenters. The molecule has 1 N–H and O–H groups in total. The van der Waals surface area contributed by atoms with Gasteiger partial charge >= 0.3 is 11.9 Å². The lowest BCUT2D eigenvalue weighted by molar-refractivity contribution is -0.152. The number of esters is 2. The summed E-state index contributed by atoms with van der Waals surface area (Å²) in [5, 5.41) is 3.20. The van der Waals surface area contributed by atoms with Gasteiger partial charge in [-0.1, -0.05) is 19.3 Å². The van der Waals surface area contributed by atoms with Crippen LogP contribution < -0.4 is 5.32 Å².